The second kappa shape index (κ2) is 3.57. The third kappa shape index (κ3) is 1.53. The SMILES string of the molecule is O=c1nc2nc(C3CC=CCN3)ccn2o1. The van der Waals surface area contributed by atoms with Gasteiger partial charge >= 0.3 is 5.76 Å². The fourth-order valence-electron chi connectivity index (χ4n) is 1.77. The van der Waals surface area contributed by atoms with Gasteiger partial charge in [0.05, 0.1) is 17.9 Å². The van der Waals surface area contributed by atoms with Crippen LogP contribution in [0, 0.1) is 0 Å². The summed E-state index contributed by atoms with van der Waals surface area (Å²) in [6.45, 7) is 0.836. The molecule has 1 N–H and O–H groups in total. The van der Waals surface area contributed by atoms with E-state index >= 15 is 0 Å². The van der Waals surface area contributed by atoms with E-state index in [-0.39, 0.29) is 6.04 Å². The van der Waals surface area contributed by atoms with Gasteiger partial charge in [-0.25, -0.2) is 9.78 Å². The van der Waals surface area contributed by atoms with Crippen LogP contribution < -0.4 is 11.1 Å². The fraction of sp³-hybridized carbons (Fsp3) is 0.300. The molecule has 82 valence electrons. The fourth-order valence-corrected chi connectivity index (χ4v) is 1.77. The van der Waals surface area contributed by atoms with Crippen LogP contribution in [0.15, 0.2) is 33.7 Å². The summed E-state index contributed by atoms with van der Waals surface area (Å²) < 4.78 is 6.03. The van der Waals surface area contributed by atoms with E-state index in [2.05, 4.69) is 27.4 Å². The largest absolute Gasteiger partial charge is 0.461 e. The Hall–Kier alpha value is -1.95. The van der Waals surface area contributed by atoms with Crippen LogP contribution in [0.25, 0.3) is 5.78 Å². The summed E-state index contributed by atoms with van der Waals surface area (Å²) in [7, 11) is 0. The Morgan fingerprint density at radius 2 is 2.38 bits per heavy atom. The molecule has 0 aromatic carbocycles. The lowest BCUT2D eigenvalue weighted by Gasteiger charge is -2.18. The summed E-state index contributed by atoms with van der Waals surface area (Å²) in [5.41, 5.74) is 0.873. The molecule has 0 spiro atoms. The maximum atomic E-state index is 10.9. The van der Waals surface area contributed by atoms with Crippen molar-refractivity contribution in [2.75, 3.05) is 6.54 Å². The predicted molar refractivity (Wildman–Crippen MR) is 56.0 cm³/mol. The van der Waals surface area contributed by atoms with Gasteiger partial charge in [-0.3, -0.25) is 0 Å². The molecule has 0 saturated carbocycles. The molecule has 16 heavy (non-hydrogen) atoms. The summed E-state index contributed by atoms with van der Waals surface area (Å²) in [6.07, 6.45) is 6.75. The zero-order valence-electron chi connectivity index (χ0n) is 8.46. The van der Waals surface area contributed by atoms with Crippen LogP contribution >= 0.6 is 0 Å². The Labute approximate surface area is 90.6 Å². The smallest absolute Gasteiger partial charge is 0.312 e. The Bertz CT molecular complexity index is 598. The number of nitrogens with zero attached hydrogens (tertiary/aromatic N) is 3. The Morgan fingerprint density at radius 1 is 1.44 bits per heavy atom. The van der Waals surface area contributed by atoms with E-state index in [1.165, 1.54) is 4.57 Å². The molecule has 2 aromatic heterocycles. The molecule has 1 aliphatic rings. The molecule has 3 rings (SSSR count). The Kier molecular flexibility index (Phi) is 2.07. The number of nitrogens with one attached hydrogen (secondary N) is 1. The van der Waals surface area contributed by atoms with E-state index in [0.717, 1.165) is 18.7 Å². The normalized spacial score (nSPS) is 20.4. The van der Waals surface area contributed by atoms with Gasteiger partial charge in [0.2, 0.25) is 0 Å². The Morgan fingerprint density at radius 3 is 3.19 bits per heavy atom. The predicted octanol–water partition coefficient (Wildman–Crippen LogP) is 0.273. The standard InChI is InChI=1S/C10H10N4O2/c15-10-13-9-12-8(4-6-14(9)16-10)7-3-1-2-5-11-7/h1-2,4,6-7,11H,3,5H2. The molecule has 0 saturated heterocycles. The van der Waals surface area contributed by atoms with E-state index in [9.17, 15) is 4.79 Å². The summed E-state index contributed by atoms with van der Waals surface area (Å²) in [5, 5.41) is 3.31. The van der Waals surface area contributed by atoms with E-state index in [4.69, 9.17) is 4.52 Å². The number of aromatic nitrogens is 3. The minimum Gasteiger partial charge on any atom is -0.312 e. The highest BCUT2D eigenvalue weighted by molar-refractivity contribution is 5.26. The number of hydrogen-bond donors (Lipinski definition) is 1. The molecule has 0 radical (unpaired) electrons. The van der Waals surface area contributed by atoms with Crippen LogP contribution in [-0.2, 0) is 0 Å². The third-order valence-corrected chi connectivity index (χ3v) is 2.55. The van der Waals surface area contributed by atoms with Gasteiger partial charge in [0.1, 0.15) is 0 Å². The second-order valence-corrected chi connectivity index (χ2v) is 3.62. The van der Waals surface area contributed by atoms with Crippen LogP contribution in [0.3, 0.4) is 0 Å². The third-order valence-electron chi connectivity index (χ3n) is 2.55. The topological polar surface area (TPSA) is 72.4 Å². The maximum Gasteiger partial charge on any atom is 0.461 e. The molecule has 6 heteroatoms. The zero-order chi connectivity index (χ0) is 11.0. The molecule has 6 nitrogen and oxygen atoms in total. The van der Waals surface area contributed by atoms with Crippen molar-refractivity contribution in [1.82, 2.24) is 19.9 Å². The van der Waals surface area contributed by atoms with Gasteiger partial charge < -0.3 is 9.84 Å². The van der Waals surface area contributed by atoms with Crippen LogP contribution in [0.5, 0.6) is 0 Å². The molecule has 0 aliphatic carbocycles. The van der Waals surface area contributed by atoms with Crippen molar-refractivity contribution < 1.29 is 4.52 Å². The minimum atomic E-state index is -0.624. The summed E-state index contributed by atoms with van der Waals surface area (Å²) in [6, 6.07) is 2.01. The molecule has 0 bridgehead atoms. The lowest BCUT2D eigenvalue weighted by atomic mass is 10.1. The summed E-state index contributed by atoms with van der Waals surface area (Å²) in [4.78, 5) is 18.8. The first kappa shape index (κ1) is 9.29. The lowest BCUT2D eigenvalue weighted by molar-refractivity contribution is 0.342. The van der Waals surface area contributed by atoms with Gasteiger partial charge in [-0.15, -0.1) is 9.56 Å². The molecular formula is C10H10N4O2. The van der Waals surface area contributed by atoms with E-state index in [1.54, 1.807) is 6.20 Å². The van der Waals surface area contributed by atoms with Crippen molar-refractivity contribution >= 4 is 5.78 Å². The van der Waals surface area contributed by atoms with E-state index in [1.807, 2.05) is 6.07 Å². The van der Waals surface area contributed by atoms with Crippen LogP contribution in [0.1, 0.15) is 18.2 Å². The Balaban J connectivity index is 2.03. The molecule has 1 unspecified atom stereocenters. The number of rotatable bonds is 1. The highest BCUT2D eigenvalue weighted by Crippen LogP contribution is 2.17. The highest BCUT2D eigenvalue weighted by atomic mass is 16.5. The van der Waals surface area contributed by atoms with Crippen molar-refractivity contribution in [3.63, 3.8) is 0 Å². The molecular weight excluding hydrogens is 208 g/mol. The number of fused-ring (bicyclic) bond motifs is 1. The van der Waals surface area contributed by atoms with Crippen LogP contribution in [-0.4, -0.2) is 21.1 Å². The summed E-state index contributed by atoms with van der Waals surface area (Å²) >= 11 is 0. The van der Waals surface area contributed by atoms with Gasteiger partial charge in [0.15, 0.2) is 0 Å². The van der Waals surface area contributed by atoms with Gasteiger partial charge in [0.25, 0.3) is 5.78 Å². The van der Waals surface area contributed by atoms with Crippen molar-refractivity contribution in [3.8, 4) is 0 Å². The molecule has 2 aromatic rings. The second-order valence-electron chi connectivity index (χ2n) is 3.62. The van der Waals surface area contributed by atoms with Crippen LogP contribution in [0.2, 0.25) is 0 Å². The first-order valence-corrected chi connectivity index (χ1v) is 5.08. The minimum absolute atomic E-state index is 0.182. The average molecular weight is 218 g/mol. The van der Waals surface area contributed by atoms with E-state index < -0.39 is 5.76 Å². The average Bonchev–Trinajstić information content (AvgIpc) is 2.69. The van der Waals surface area contributed by atoms with Gasteiger partial charge in [-0.1, -0.05) is 12.2 Å². The van der Waals surface area contributed by atoms with Crippen molar-refractivity contribution in [2.24, 2.45) is 0 Å². The molecule has 0 fully saturated rings. The van der Waals surface area contributed by atoms with Gasteiger partial charge in [-0.05, 0) is 12.5 Å². The quantitative estimate of drug-likeness (QED) is 0.696. The molecule has 0 amide bonds. The lowest BCUT2D eigenvalue weighted by Crippen LogP contribution is -2.24. The first-order chi connectivity index (χ1) is 7.83. The van der Waals surface area contributed by atoms with Crippen LogP contribution in [0.4, 0.5) is 0 Å². The molecule has 1 aliphatic heterocycles. The van der Waals surface area contributed by atoms with E-state index in [0.29, 0.717) is 5.78 Å². The van der Waals surface area contributed by atoms with Crippen molar-refractivity contribution in [3.05, 3.63) is 40.7 Å². The monoisotopic (exact) mass is 218 g/mol. The zero-order valence-corrected chi connectivity index (χ0v) is 8.46. The van der Waals surface area contributed by atoms with Crippen molar-refractivity contribution in [1.29, 1.82) is 0 Å². The van der Waals surface area contributed by atoms with Crippen molar-refractivity contribution in [2.45, 2.75) is 12.5 Å². The maximum absolute atomic E-state index is 10.9. The summed E-state index contributed by atoms with van der Waals surface area (Å²) in [5.74, 6) is -0.319. The highest BCUT2D eigenvalue weighted by Gasteiger charge is 2.14. The number of hydrogen-bond acceptors (Lipinski definition) is 5. The van der Waals surface area contributed by atoms with Gasteiger partial charge in [-0.2, -0.15) is 0 Å². The first-order valence-electron chi connectivity index (χ1n) is 5.08. The molecule has 1 atom stereocenters. The van der Waals surface area contributed by atoms with Gasteiger partial charge in [0, 0.05) is 6.54 Å². The molecule has 3 heterocycles.